The number of carbonyl (C=O) groups excluding carboxylic acids is 1. The lowest BCUT2D eigenvalue weighted by atomic mass is 10.0. The summed E-state index contributed by atoms with van der Waals surface area (Å²) in [6, 6.07) is 16.7. The smallest absolute Gasteiger partial charge is 0.246 e. The van der Waals surface area contributed by atoms with Crippen molar-refractivity contribution >= 4 is 17.5 Å². The zero-order valence-corrected chi connectivity index (χ0v) is 14.4. The summed E-state index contributed by atoms with van der Waals surface area (Å²) >= 11 is 6.03. The minimum atomic E-state index is -0.653. The van der Waals surface area contributed by atoms with Crippen LogP contribution in [0.2, 0.25) is 5.02 Å². The minimum absolute atomic E-state index is 0.0758. The molecule has 2 N–H and O–H groups in total. The Kier molecular flexibility index (Phi) is 7.25. The molecular weight excluding hydrogens is 326 g/mol. The number of ether oxygens (including phenoxy) is 1. The number of aliphatic hydroxyl groups is 1. The van der Waals surface area contributed by atoms with Gasteiger partial charge >= 0.3 is 0 Å². The molecular formula is C19H22ClNO3. The highest BCUT2D eigenvalue weighted by Gasteiger charge is 2.17. The van der Waals surface area contributed by atoms with E-state index in [1.54, 1.807) is 13.0 Å². The highest BCUT2D eigenvalue weighted by Crippen LogP contribution is 2.15. The Labute approximate surface area is 147 Å². The molecule has 128 valence electrons. The zero-order chi connectivity index (χ0) is 17.4. The van der Waals surface area contributed by atoms with Crippen molar-refractivity contribution in [1.29, 1.82) is 0 Å². The molecule has 0 saturated carbocycles. The third-order valence-electron chi connectivity index (χ3n) is 3.70. The molecule has 5 heteroatoms. The minimum Gasteiger partial charge on any atom is -0.391 e. The van der Waals surface area contributed by atoms with E-state index >= 15 is 0 Å². The summed E-state index contributed by atoms with van der Waals surface area (Å²) in [5.41, 5.74) is 1.87. The largest absolute Gasteiger partial charge is 0.391 e. The zero-order valence-electron chi connectivity index (χ0n) is 13.6. The van der Waals surface area contributed by atoms with Crippen LogP contribution in [0, 0.1) is 0 Å². The van der Waals surface area contributed by atoms with Crippen LogP contribution in [0.5, 0.6) is 0 Å². The van der Waals surface area contributed by atoms with E-state index in [0.717, 1.165) is 11.1 Å². The highest BCUT2D eigenvalue weighted by atomic mass is 35.5. The van der Waals surface area contributed by atoms with Crippen molar-refractivity contribution in [3.8, 4) is 0 Å². The van der Waals surface area contributed by atoms with Crippen LogP contribution in [0.3, 0.4) is 0 Å². The number of hydrogen-bond donors (Lipinski definition) is 2. The molecule has 0 bridgehead atoms. The molecule has 0 radical (unpaired) electrons. The van der Waals surface area contributed by atoms with Gasteiger partial charge in [-0.05, 0) is 24.1 Å². The van der Waals surface area contributed by atoms with Crippen molar-refractivity contribution < 1.29 is 14.6 Å². The molecule has 1 amide bonds. The Hall–Kier alpha value is -1.88. The summed E-state index contributed by atoms with van der Waals surface area (Å²) in [6.45, 7) is 1.97. The lowest BCUT2D eigenvalue weighted by Gasteiger charge is -2.20. The van der Waals surface area contributed by atoms with E-state index in [-0.39, 0.29) is 25.2 Å². The Morgan fingerprint density at radius 1 is 1.17 bits per heavy atom. The van der Waals surface area contributed by atoms with Crippen molar-refractivity contribution in [1.82, 2.24) is 5.32 Å². The Morgan fingerprint density at radius 3 is 2.54 bits per heavy atom. The van der Waals surface area contributed by atoms with Crippen LogP contribution in [0.15, 0.2) is 54.6 Å². The summed E-state index contributed by atoms with van der Waals surface area (Å²) in [6.07, 6.45) is -0.164. The predicted octanol–water partition coefficient (Wildman–Crippen LogP) is 2.96. The second kappa shape index (κ2) is 9.42. The monoisotopic (exact) mass is 347 g/mol. The molecule has 0 aliphatic carbocycles. The molecule has 0 aliphatic rings. The fourth-order valence-corrected chi connectivity index (χ4v) is 2.48. The van der Waals surface area contributed by atoms with E-state index in [0.29, 0.717) is 11.4 Å². The quantitative estimate of drug-likeness (QED) is 0.771. The number of amides is 1. The van der Waals surface area contributed by atoms with Crippen LogP contribution >= 0.6 is 11.6 Å². The first-order chi connectivity index (χ1) is 11.6. The van der Waals surface area contributed by atoms with E-state index in [4.69, 9.17) is 16.3 Å². The van der Waals surface area contributed by atoms with E-state index in [1.807, 2.05) is 48.5 Å². The Bertz CT molecular complexity index is 648. The van der Waals surface area contributed by atoms with E-state index in [1.165, 1.54) is 0 Å². The van der Waals surface area contributed by atoms with Gasteiger partial charge in [0.15, 0.2) is 0 Å². The molecule has 2 atom stereocenters. The van der Waals surface area contributed by atoms with E-state index in [2.05, 4.69) is 5.32 Å². The average molecular weight is 348 g/mol. The molecule has 0 saturated heterocycles. The lowest BCUT2D eigenvalue weighted by Crippen LogP contribution is -2.43. The van der Waals surface area contributed by atoms with Crippen molar-refractivity contribution in [2.24, 2.45) is 0 Å². The van der Waals surface area contributed by atoms with Gasteiger partial charge in [-0.2, -0.15) is 0 Å². The number of nitrogens with one attached hydrogen (secondary N) is 1. The van der Waals surface area contributed by atoms with Crippen molar-refractivity contribution in [2.75, 3.05) is 6.61 Å². The predicted molar refractivity (Wildman–Crippen MR) is 94.9 cm³/mol. The summed E-state index contributed by atoms with van der Waals surface area (Å²) in [7, 11) is 0. The van der Waals surface area contributed by atoms with Crippen molar-refractivity contribution in [2.45, 2.75) is 32.1 Å². The van der Waals surface area contributed by atoms with Gasteiger partial charge in [-0.3, -0.25) is 4.79 Å². The molecule has 2 unspecified atom stereocenters. The summed E-state index contributed by atoms with van der Waals surface area (Å²) in [5, 5.41) is 13.6. The normalized spacial score (nSPS) is 13.3. The summed E-state index contributed by atoms with van der Waals surface area (Å²) in [5.74, 6) is -0.262. The van der Waals surface area contributed by atoms with Crippen LogP contribution < -0.4 is 5.32 Å². The third-order valence-corrected chi connectivity index (χ3v) is 4.07. The molecule has 0 aromatic heterocycles. The maximum absolute atomic E-state index is 11.9. The molecule has 2 rings (SSSR count). The fourth-order valence-electron chi connectivity index (χ4n) is 2.29. The first kappa shape index (κ1) is 18.5. The van der Waals surface area contributed by atoms with Gasteiger partial charge in [0.25, 0.3) is 0 Å². The molecule has 0 spiro atoms. The summed E-state index contributed by atoms with van der Waals surface area (Å²) < 4.78 is 5.38. The second-order valence-corrected chi connectivity index (χ2v) is 6.10. The molecule has 2 aromatic rings. The highest BCUT2D eigenvalue weighted by molar-refractivity contribution is 6.31. The van der Waals surface area contributed by atoms with E-state index < -0.39 is 6.10 Å². The average Bonchev–Trinajstić information content (AvgIpc) is 2.57. The lowest BCUT2D eigenvalue weighted by molar-refractivity contribution is -0.127. The SMILES string of the molecule is CC(NC(=O)COCc1ccccc1Cl)C(O)Cc1ccccc1. The van der Waals surface area contributed by atoms with Gasteiger partial charge < -0.3 is 15.2 Å². The van der Waals surface area contributed by atoms with Crippen LogP contribution in [-0.2, 0) is 22.6 Å². The Morgan fingerprint density at radius 2 is 1.83 bits per heavy atom. The number of benzene rings is 2. The maximum Gasteiger partial charge on any atom is 0.246 e. The van der Waals surface area contributed by atoms with Crippen LogP contribution in [-0.4, -0.2) is 29.8 Å². The van der Waals surface area contributed by atoms with Crippen LogP contribution in [0.25, 0.3) is 0 Å². The standard InChI is InChI=1S/C19H22ClNO3/c1-14(18(22)11-15-7-3-2-4-8-15)21-19(23)13-24-12-16-9-5-6-10-17(16)20/h2-10,14,18,22H,11-13H2,1H3,(H,21,23). The van der Waals surface area contributed by atoms with Gasteiger partial charge in [0.1, 0.15) is 6.61 Å². The van der Waals surface area contributed by atoms with Gasteiger partial charge in [0.05, 0.1) is 18.8 Å². The number of aliphatic hydroxyl groups excluding tert-OH is 1. The number of carbonyl (C=O) groups is 1. The molecule has 24 heavy (non-hydrogen) atoms. The van der Waals surface area contributed by atoms with Gasteiger partial charge in [-0.1, -0.05) is 60.1 Å². The van der Waals surface area contributed by atoms with Gasteiger partial charge in [-0.15, -0.1) is 0 Å². The Balaban J connectivity index is 1.72. The number of hydrogen-bond acceptors (Lipinski definition) is 3. The van der Waals surface area contributed by atoms with E-state index in [9.17, 15) is 9.90 Å². The maximum atomic E-state index is 11.9. The van der Waals surface area contributed by atoms with Gasteiger partial charge in [0, 0.05) is 11.4 Å². The second-order valence-electron chi connectivity index (χ2n) is 5.70. The fraction of sp³-hybridized carbons (Fsp3) is 0.316. The summed E-state index contributed by atoms with van der Waals surface area (Å²) in [4.78, 5) is 11.9. The van der Waals surface area contributed by atoms with Gasteiger partial charge in [-0.25, -0.2) is 0 Å². The van der Waals surface area contributed by atoms with Crippen molar-refractivity contribution in [3.63, 3.8) is 0 Å². The first-order valence-corrected chi connectivity index (χ1v) is 8.26. The third kappa shape index (κ3) is 5.96. The number of rotatable bonds is 8. The molecule has 0 aliphatic heterocycles. The molecule has 0 heterocycles. The van der Waals surface area contributed by atoms with Gasteiger partial charge in [0.2, 0.25) is 5.91 Å². The molecule has 0 fully saturated rings. The molecule has 4 nitrogen and oxygen atoms in total. The first-order valence-electron chi connectivity index (χ1n) is 7.88. The van der Waals surface area contributed by atoms with Crippen molar-refractivity contribution in [3.05, 3.63) is 70.7 Å². The number of halogens is 1. The van der Waals surface area contributed by atoms with Crippen LogP contribution in [0.4, 0.5) is 0 Å². The molecule has 2 aromatic carbocycles. The van der Waals surface area contributed by atoms with Crippen LogP contribution in [0.1, 0.15) is 18.1 Å². The topological polar surface area (TPSA) is 58.6 Å².